The zero-order chi connectivity index (χ0) is 12.5. The summed E-state index contributed by atoms with van der Waals surface area (Å²) < 4.78 is 2.86. The molecule has 0 bridgehead atoms. The summed E-state index contributed by atoms with van der Waals surface area (Å²) in [6, 6.07) is 14.0. The van der Waals surface area contributed by atoms with Crippen molar-refractivity contribution in [2.24, 2.45) is 0 Å². The van der Waals surface area contributed by atoms with Gasteiger partial charge in [0.2, 0.25) is 0 Å². The van der Waals surface area contributed by atoms with Gasteiger partial charge >= 0.3 is 0 Å². The van der Waals surface area contributed by atoms with Gasteiger partial charge in [-0.3, -0.25) is 0 Å². The monoisotopic (exact) mass is 302 g/mol. The number of rotatable bonds is 2. The molecule has 18 heavy (non-hydrogen) atoms. The molecule has 1 aromatic heterocycles. The van der Waals surface area contributed by atoms with E-state index in [1.54, 1.807) is 4.68 Å². The lowest BCUT2D eigenvalue weighted by Crippen LogP contribution is -1.97. The Morgan fingerprint density at radius 1 is 1.06 bits per heavy atom. The van der Waals surface area contributed by atoms with Gasteiger partial charge in [-0.15, -0.1) is 0 Å². The average molecular weight is 303 g/mol. The average Bonchev–Trinajstić information content (AvgIpc) is 2.88. The van der Waals surface area contributed by atoms with Gasteiger partial charge in [-0.2, -0.15) is 5.10 Å². The molecule has 2 aromatic carbocycles. The van der Waals surface area contributed by atoms with E-state index in [1.165, 1.54) is 0 Å². The Balaban J connectivity index is 2.26. The van der Waals surface area contributed by atoms with Crippen LogP contribution in [0.4, 0.5) is 0 Å². The smallest absolute Gasteiger partial charge is 0.0883 e. The normalized spacial score (nSPS) is 11.0. The van der Waals surface area contributed by atoms with Gasteiger partial charge in [0.05, 0.1) is 18.0 Å². The molecule has 90 valence electrons. The number of aromatic nitrogens is 2. The Morgan fingerprint density at radius 3 is 2.56 bits per heavy atom. The summed E-state index contributed by atoms with van der Waals surface area (Å²) in [4.78, 5) is 0. The number of hydrogen-bond acceptors (Lipinski definition) is 2. The van der Waals surface area contributed by atoms with Crippen molar-refractivity contribution in [2.45, 2.75) is 6.61 Å². The summed E-state index contributed by atoms with van der Waals surface area (Å²) in [5.74, 6) is 0. The second-order valence-electron chi connectivity index (χ2n) is 4.02. The molecule has 0 spiro atoms. The maximum absolute atomic E-state index is 9.07. The molecular weight excluding hydrogens is 292 g/mol. The molecule has 1 N–H and O–H groups in total. The van der Waals surface area contributed by atoms with Gasteiger partial charge in [0.25, 0.3) is 0 Å². The van der Waals surface area contributed by atoms with Crippen LogP contribution in [0, 0.1) is 0 Å². The van der Waals surface area contributed by atoms with Crippen LogP contribution in [-0.4, -0.2) is 14.9 Å². The Hall–Kier alpha value is -1.65. The third kappa shape index (κ3) is 1.83. The van der Waals surface area contributed by atoms with Crippen LogP contribution in [-0.2, 0) is 6.61 Å². The van der Waals surface area contributed by atoms with Gasteiger partial charge in [0.1, 0.15) is 0 Å². The van der Waals surface area contributed by atoms with Crippen LogP contribution >= 0.6 is 15.9 Å². The molecule has 0 saturated heterocycles. The van der Waals surface area contributed by atoms with Crippen LogP contribution in [0.15, 0.2) is 53.1 Å². The second kappa shape index (κ2) is 4.55. The van der Waals surface area contributed by atoms with E-state index in [2.05, 4.69) is 33.2 Å². The lowest BCUT2D eigenvalue weighted by atomic mass is 10.1. The van der Waals surface area contributed by atoms with Gasteiger partial charge in [-0.25, -0.2) is 4.68 Å². The number of aliphatic hydroxyl groups excluding tert-OH is 1. The van der Waals surface area contributed by atoms with Crippen molar-refractivity contribution in [3.8, 4) is 5.69 Å². The minimum absolute atomic E-state index is 0.0402. The first-order chi connectivity index (χ1) is 8.79. The van der Waals surface area contributed by atoms with Crippen molar-refractivity contribution in [3.05, 3.63) is 58.8 Å². The Bertz CT molecular complexity index is 706. The molecule has 4 heteroatoms. The lowest BCUT2D eigenvalue weighted by molar-refractivity contribution is 0.276. The van der Waals surface area contributed by atoms with E-state index >= 15 is 0 Å². The topological polar surface area (TPSA) is 38.0 Å². The molecule has 0 aliphatic heterocycles. The summed E-state index contributed by atoms with van der Waals surface area (Å²) in [5, 5.41) is 15.7. The summed E-state index contributed by atoms with van der Waals surface area (Å²) in [6.07, 6.45) is 1.86. The minimum Gasteiger partial charge on any atom is -0.390 e. The quantitative estimate of drug-likeness (QED) is 0.789. The third-order valence-electron chi connectivity index (χ3n) is 2.90. The summed E-state index contributed by atoms with van der Waals surface area (Å²) in [5.41, 5.74) is 1.68. The molecule has 0 unspecified atom stereocenters. The highest BCUT2D eigenvalue weighted by Gasteiger charge is 2.07. The highest BCUT2D eigenvalue weighted by molar-refractivity contribution is 9.10. The fraction of sp³-hybridized carbons (Fsp3) is 0.0714. The van der Waals surface area contributed by atoms with Gasteiger partial charge in [0.15, 0.2) is 0 Å². The maximum Gasteiger partial charge on any atom is 0.0883 e. The third-order valence-corrected chi connectivity index (χ3v) is 3.59. The van der Waals surface area contributed by atoms with E-state index in [0.29, 0.717) is 5.69 Å². The van der Waals surface area contributed by atoms with Crippen LogP contribution in [0.5, 0.6) is 0 Å². The fourth-order valence-electron chi connectivity index (χ4n) is 2.03. The molecular formula is C14H11BrN2O. The molecule has 0 amide bonds. The molecule has 1 heterocycles. The molecule has 0 saturated carbocycles. The molecule has 0 aliphatic carbocycles. The first kappa shape index (κ1) is 11.4. The second-order valence-corrected chi connectivity index (χ2v) is 4.88. The van der Waals surface area contributed by atoms with Crippen LogP contribution in [0.1, 0.15) is 5.69 Å². The van der Waals surface area contributed by atoms with E-state index in [1.807, 2.05) is 36.5 Å². The fourth-order valence-corrected chi connectivity index (χ4v) is 2.50. The number of nitrogens with zero attached hydrogens (tertiary/aromatic N) is 2. The summed E-state index contributed by atoms with van der Waals surface area (Å²) >= 11 is 3.55. The summed E-state index contributed by atoms with van der Waals surface area (Å²) in [6.45, 7) is -0.0402. The molecule has 0 aliphatic rings. The number of hydrogen-bond donors (Lipinski definition) is 1. The van der Waals surface area contributed by atoms with E-state index in [-0.39, 0.29) is 6.61 Å². The molecule has 0 atom stereocenters. The van der Waals surface area contributed by atoms with Gasteiger partial charge in [-0.1, -0.05) is 40.2 Å². The first-order valence-electron chi connectivity index (χ1n) is 5.62. The molecule has 3 aromatic rings. The Kier molecular flexibility index (Phi) is 2.89. The van der Waals surface area contributed by atoms with E-state index in [4.69, 9.17) is 5.11 Å². The van der Waals surface area contributed by atoms with Gasteiger partial charge < -0.3 is 5.11 Å². The molecule has 0 radical (unpaired) electrons. The van der Waals surface area contributed by atoms with Crippen LogP contribution in [0.2, 0.25) is 0 Å². The van der Waals surface area contributed by atoms with Crippen LogP contribution < -0.4 is 0 Å². The van der Waals surface area contributed by atoms with Gasteiger partial charge in [0, 0.05) is 16.1 Å². The number of benzene rings is 2. The predicted molar refractivity (Wildman–Crippen MR) is 74.7 cm³/mol. The predicted octanol–water partition coefficient (Wildman–Crippen LogP) is 3.28. The van der Waals surface area contributed by atoms with E-state index in [0.717, 1.165) is 20.9 Å². The van der Waals surface area contributed by atoms with Crippen molar-refractivity contribution in [1.82, 2.24) is 9.78 Å². The zero-order valence-corrected chi connectivity index (χ0v) is 11.1. The first-order valence-corrected chi connectivity index (χ1v) is 6.42. The SMILES string of the molecule is OCc1ccn(-c2ccc(Br)c3ccccc23)n1. The Labute approximate surface area is 113 Å². The van der Waals surface area contributed by atoms with E-state index < -0.39 is 0 Å². The van der Waals surface area contributed by atoms with Crippen molar-refractivity contribution in [2.75, 3.05) is 0 Å². The van der Waals surface area contributed by atoms with Crippen molar-refractivity contribution < 1.29 is 5.11 Å². The van der Waals surface area contributed by atoms with Gasteiger partial charge in [-0.05, 0) is 23.6 Å². The van der Waals surface area contributed by atoms with Crippen molar-refractivity contribution in [1.29, 1.82) is 0 Å². The molecule has 3 nitrogen and oxygen atoms in total. The van der Waals surface area contributed by atoms with Crippen molar-refractivity contribution >= 4 is 26.7 Å². The largest absolute Gasteiger partial charge is 0.390 e. The zero-order valence-electron chi connectivity index (χ0n) is 9.55. The maximum atomic E-state index is 9.07. The number of fused-ring (bicyclic) bond motifs is 1. The lowest BCUT2D eigenvalue weighted by Gasteiger charge is -2.08. The summed E-state index contributed by atoms with van der Waals surface area (Å²) in [7, 11) is 0. The highest BCUT2D eigenvalue weighted by Crippen LogP contribution is 2.28. The Morgan fingerprint density at radius 2 is 1.83 bits per heavy atom. The molecule has 3 rings (SSSR count). The number of aliphatic hydroxyl groups is 1. The van der Waals surface area contributed by atoms with Crippen molar-refractivity contribution in [3.63, 3.8) is 0 Å². The van der Waals surface area contributed by atoms with Crippen LogP contribution in [0.3, 0.4) is 0 Å². The van der Waals surface area contributed by atoms with Crippen LogP contribution in [0.25, 0.3) is 16.5 Å². The number of halogens is 1. The standard InChI is InChI=1S/C14H11BrN2O/c15-13-5-6-14(12-4-2-1-3-11(12)13)17-8-7-10(9-18)16-17/h1-8,18H,9H2. The highest BCUT2D eigenvalue weighted by atomic mass is 79.9. The van der Waals surface area contributed by atoms with E-state index in [9.17, 15) is 0 Å². The minimum atomic E-state index is -0.0402. The molecule has 0 fully saturated rings.